The van der Waals surface area contributed by atoms with Crippen LogP contribution in [0.25, 0.3) is 0 Å². The van der Waals surface area contributed by atoms with Crippen molar-refractivity contribution in [1.29, 1.82) is 0 Å². The number of rotatable bonds is 2. The molecule has 0 aromatic heterocycles. The van der Waals surface area contributed by atoms with Gasteiger partial charge in [-0.1, -0.05) is 6.92 Å². The van der Waals surface area contributed by atoms with Crippen LogP contribution in [0.4, 0.5) is 0 Å². The lowest BCUT2D eigenvalue weighted by Gasteiger charge is -2.38. The molecule has 0 radical (unpaired) electrons. The van der Waals surface area contributed by atoms with E-state index < -0.39 is 36.5 Å². The zero-order valence-corrected chi connectivity index (χ0v) is 7.95. The van der Waals surface area contributed by atoms with Crippen molar-refractivity contribution < 1.29 is 29.6 Å². The molecule has 5 atom stereocenters. The van der Waals surface area contributed by atoms with Gasteiger partial charge in [-0.25, -0.2) is 4.79 Å². The Morgan fingerprint density at radius 3 is 2.36 bits per heavy atom. The predicted octanol–water partition coefficient (Wildman–Crippen LogP) is -1.20. The largest absolute Gasteiger partial charge is 0.479 e. The summed E-state index contributed by atoms with van der Waals surface area (Å²) in [7, 11) is 1.27. The molecule has 0 aromatic carbocycles. The summed E-state index contributed by atoms with van der Waals surface area (Å²) in [5, 5.41) is 27.7. The minimum atomic E-state index is -1.22. The third kappa shape index (κ3) is 1.88. The quantitative estimate of drug-likeness (QED) is 0.525. The van der Waals surface area contributed by atoms with Crippen molar-refractivity contribution in [3.8, 4) is 0 Å². The fraction of sp³-hybridized carbons (Fsp3) is 0.875. The van der Waals surface area contributed by atoms with E-state index in [0.717, 1.165) is 0 Å². The SMILES string of the molecule is COC1OC(C(=O)O)C(C)C(O)C1O. The van der Waals surface area contributed by atoms with E-state index in [1.165, 1.54) is 14.0 Å². The topological polar surface area (TPSA) is 96.2 Å². The van der Waals surface area contributed by atoms with Crippen LogP contribution in [0.15, 0.2) is 0 Å². The minimum absolute atomic E-state index is 0.672. The molecule has 1 aliphatic heterocycles. The standard InChI is InChI=1S/C8H14O6/c1-3-4(9)5(10)8(13-2)14-6(3)7(11)12/h3-6,8-10H,1-2H3,(H,11,12). The molecule has 0 spiro atoms. The van der Waals surface area contributed by atoms with Gasteiger partial charge in [0.15, 0.2) is 12.4 Å². The van der Waals surface area contributed by atoms with E-state index in [-0.39, 0.29) is 0 Å². The lowest BCUT2D eigenvalue weighted by molar-refractivity contribution is -0.274. The molecule has 3 N–H and O–H groups in total. The van der Waals surface area contributed by atoms with Crippen LogP contribution in [0.5, 0.6) is 0 Å². The van der Waals surface area contributed by atoms with Crippen LogP contribution in [0.2, 0.25) is 0 Å². The van der Waals surface area contributed by atoms with Crippen LogP contribution < -0.4 is 0 Å². The summed E-state index contributed by atoms with van der Waals surface area (Å²) in [6.07, 6.45) is -4.62. The van der Waals surface area contributed by atoms with Crippen LogP contribution in [0.3, 0.4) is 0 Å². The maximum Gasteiger partial charge on any atom is 0.333 e. The Balaban J connectivity index is 2.78. The van der Waals surface area contributed by atoms with E-state index in [0.29, 0.717) is 0 Å². The first-order chi connectivity index (χ1) is 6.49. The lowest BCUT2D eigenvalue weighted by atomic mass is 9.91. The van der Waals surface area contributed by atoms with E-state index in [9.17, 15) is 15.0 Å². The van der Waals surface area contributed by atoms with E-state index in [1.807, 2.05) is 0 Å². The van der Waals surface area contributed by atoms with E-state index in [4.69, 9.17) is 14.6 Å². The smallest absolute Gasteiger partial charge is 0.333 e. The molecule has 1 heterocycles. The molecule has 14 heavy (non-hydrogen) atoms. The van der Waals surface area contributed by atoms with Crippen LogP contribution >= 0.6 is 0 Å². The molecule has 6 heteroatoms. The molecule has 1 saturated heterocycles. The Hall–Kier alpha value is -0.690. The molecule has 1 rings (SSSR count). The molecule has 0 amide bonds. The summed E-state index contributed by atoms with van der Waals surface area (Å²) < 4.78 is 9.67. The number of methoxy groups -OCH3 is 1. The van der Waals surface area contributed by atoms with Crippen LogP contribution in [-0.4, -0.2) is 53.0 Å². The average molecular weight is 206 g/mol. The molecule has 1 fully saturated rings. The zero-order valence-electron chi connectivity index (χ0n) is 7.95. The molecule has 0 saturated carbocycles. The normalized spacial score (nSPS) is 43.6. The fourth-order valence-corrected chi connectivity index (χ4v) is 1.48. The molecule has 6 nitrogen and oxygen atoms in total. The first-order valence-electron chi connectivity index (χ1n) is 4.26. The highest BCUT2D eigenvalue weighted by atomic mass is 16.7. The molecule has 0 aliphatic carbocycles. The predicted molar refractivity (Wildman–Crippen MR) is 44.5 cm³/mol. The third-order valence-corrected chi connectivity index (χ3v) is 2.40. The summed E-state index contributed by atoms with van der Waals surface area (Å²) in [4.78, 5) is 10.7. The second-order valence-electron chi connectivity index (χ2n) is 3.34. The molecule has 0 bridgehead atoms. The summed E-state index contributed by atoms with van der Waals surface area (Å²) in [6.45, 7) is 1.50. The summed E-state index contributed by atoms with van der Waals surface area (Å²) in [5.41, 5.74) is 0. The number of hydrogen-bond donors (Lipinski definition) is 3. The minimum Gasteiger partial charge on any atom is -0.479 e. The number of aliphatic hydroxyl groups is 2. The lowest BCUT2D eigenvalue weighted by Crippen LogP contribution is -2.56. The van der Waals surface area contributed by atoms with Gasteiger partial charge in [0.25, 0.3) is 0 Å². The van der Waals surface area contributed by atoms with Gasteiger partial charge in [-0.2, -0.15) is 0 Å². The summed E-state index contributed by atoms with van der Waals surface area (Å²) in [5.74, 6) is -1.85. The van der Waals surface area contributed by atoms with Crippen molar-refractivity contribution in [3.63, 3.8) is 0 Å². The highest BCUT2D eigenvalue weighted by molar-refractivity contribution is 5.73. The van der Waals surface area contributed by atoms with Gasteiger partial charge in [0.2, 0.25) is 0 Å². The molecule has 1 aliphatic rings. The Bertz CT molecular complexity index is 216. The monoisotopic (exact) mass is 206 g/mol. The maximum atomic E-state index is 10.7. The van der Waals surface area contributed by atoms with Crippen molar-refractivity contribution in [1.82, 2.24) is 0 Å². The van der Waals surface area contributed by atoms with E-state index in [1.54, 1.807) is 0 Å². The molecule has 5 unspecified atom stereocenters. The number of carboxylic acids is 1. The zero-order chi connectivity index (χ0) is 10.9. The van der Waals surface area contributed by atoms with Crippen molar-refractivity contribution >= 4 is 5.97 Å². The second kappa shape index (κ2) is 4.22. The number of hydrogen-bond acceptors (Lipinski definition) is 5. The van der Waals surface area contributed by atoms with Gasteiger partial charge in [-0.15, -0.1) is 0 Å². The molecule has 0 aromatic rings. The summed E-state index contributed by atoms with van der Waals surface area (Å²) in [6, 6.07) is 0. The van der Waals surface area contributed by atoms with Crippen LogP contribution in [0.1, 0.15) is 6.92 Å². The van der Waals surface area contributed by atoms with E-state index in [2.05, 4.69) is 0 Å². The number of aliphatic hydroxyl groups excluding tert-OH is 2. The van der Waals surface area contributed by atoms with E-state index >= 15 is 0 Å². The fourth-order valence-electron chi connectivity index (χ4n) is 1.48. The second-order valence-corrected chi connectivity index (χ2v) is 3.34. The highest BCUT2D eigenvalue weighted by Crippen LogP contribution is 2.26. The number of carboxylic acid groups (broad SMARTS) is 1. The third-order valence-electron chi connectivity index (χ3n) is 2.40. The first kappa shape index (κ1) is 11.4. The maximum absolute atomic E-state index is 10.7. The average Bonchev–Trinajstić information content (AvgIpc) is 2.14. The van der Waals surface area contributed by atoms with Crippen molar-refractivity contribution in [2.75, 3.05) is 7.11 Å². The van der Waals surface area contributed by atoms with Crippen molar-refractivity contribution in [3.05, 3.63) is 0 Å². The van der Waals surface area contributed by atoms with Crippen LogP contribution in [0, 0.1) is 5.92 Å². The van der Waals surface area contributed by atoms with Crippen LogP contribution in [-0.2, 0) is 14.3 Å². The van der Waals surface area contributed by atoms with Gasteiger partial charge < -0.3 is 24.8 Å². The molecular weight excluding hydrogens is 192 g/mol. The van der Waals surface area contributed by atoms with Gasteiger partial charge in [-0.3, -0.25) is 0 Å². The summed E-state index contributed by atoms with van der Waals surface area (Å²) >= 11 is 0. The number of carbonyl (C=O) groups is 1. The molecule has 82 valence electrons. The Kier molecular flexibility index (Phi) is 3.43. The van der Waals surface area contributed by atoms with Gasteiger partial charge in [0.1, 0.15) is 6.10 Å². The Morgan fingerprint density at radius 2 is 1.93 bits per heavy atom. The molecular formula is C8H14O6. The Labute approximate surface area is 81.1 Å². The number of ether oxygens (including phenoxy) is 2. The first-order valence-corrected chi connectivity index (χ1v) is 4.26. The highest BCUT2D eigenvalue weighted by Gasteiger charge is 2.45. The van der Waals surface area contributed by atoms with Gasteiger partial charge in [0, 0.05) is 13.0 Å². The van der Waals surface area contributed by atoms with Crippen molar-refractivity contribution in [2.24, 2.45) is 5.92 Å². The van der Waals surface area contributed by atoms with Gasteiger partial charge >= 0.3 is 5.97 Å². The number of aliphatic carboxylic acids is 1. The van der Waals surface area contributed by atoms with Gasteiger partial charge in [-0.05, 0) is 0 Å². The van der Waals surface area contributed by atoms with Crippen molar-refractivity contribution in [2.45, 2.75) is 31.5 Å². The Morgan fingerprint density at radius 1 is 1.36 bits per heavy atom. The van der Waals surface area contributed by atoms with Gasteiger partial charge in [0.05, 0.1) is 6.10 Å².